The van der Waals surface area contributed by atoms with Crippen LogP contribution >= 0.6 is 0 Å². The molecule has 5 rings (SSSR count). The number of anilines is 2. The van der Waals surface area contributed by atoms with Gasteiger partial charge in [-0.3, -0.25) is 4.79 Å². The minimum absolute atomic E-state index is 0.0144. The van der Waals surface area contributed by atoms with E-state index in [0.29, 0.717) is 30.2 Å². The third kappa shape index (κ3) is 4.39. The van der Waals surface area contributed by atoms with E-state index in [1.165, 1.54) is 12.1 Å². The molecule has 38 heavy (non-hydrogen) atoms. The predicted molar refractivity (Wildman–Crippen MR) is 138 cm³/mol. The summed E-state index contributed by atoms with van der Waals surface area (Å²) < 4.78 is 50.5. The number of rotatable bonds is 6. The van der Waals surface area contributed by atoms with E-state index in [0.717, 1.165) is 61.5 Å². The Morgan fingerprint density at radius 1 is 1.18 bits per heavy atom. The Bertz CT molecular complexity index is 1420. The van der Waals surface area contributed by atoms with E-state index in [2.05, 4.69) is 10.3 Å². The number of nitrogens with one attached hydrogen (secondary N) is 1. The first-order chi connectivity index (χ1) is 17.9. The zero-order chi connectivity index (χ0) is 27.4. The predicted octanol–water partition coefficient (Wildman–Crippen LogP) is 4.97. The van der Waals surface area contributed by atoms with E-state index in [9.17, 15) is 18.7 Å². The smallest absolute Gasteiger partial charge is 0.303 e. The highest BCUT2D eigenvalue weighted by Crippen LogP contribution is 2.42. The fourth-order valence-corrected chi connectivity index (χ4v) is 5.32. The summed E-state index contributed by atoms with van der Waals surface area (Å²) in [5.74, 6) is -4.07. The largest absolute Gasteiger partial charge is 0.384 e. The van der Waals surface area contributed by atoms with Crippen LogP contribution in [-0.2, 0) is 28.3 Å². The number of hydrogen-bond acceptors (Lipinski definition) is 6. The number of benzene rings is 2. The maximum absolute atomic E-state index is 15.5. The standard InChI is InChI=1S/C28H31F3N4O3/c1-15(17-7-6-10-21(24(17)29)28(30,31)27(3,4)37)32-26-20-13-22(35-11-12-38-14-23(35)36)18-8-5-9-19(18)25(20)33-16(2)34-26/h6-7,10,13,15,37H,5,8-9,11-12,14H2,1-4H3,(H,32,33,34)/t15-/m1/s1. The molecule has 10 heteroatoms. The molecule has 0 saturated carbocycles. The number of ether oxygens (including phenoxy) is 1. The fraction of sp³-hybridized carbons (Fsp3) is 0.464. The third-order valence-corrected chi connectivity index (χ3v) is 7.38. The minimum atomic E-state index is -3.80. The molecule has 0 spiro atoms. The van der Waals surface area contributed by atoms with Crippen LogP contribution in [0, 0.1) is 12.7 Å². The molecule has 1 atom stereocenters. The summed E-state index contributed by atoms with van der Waals surface area (Å²) in [4.78, 5) is 23.7. The Labute approximate surface area is 219 Å². The van der Waals surface area contributed by atoms with Gasteiger partial charge in [-0.05, 0) is 70.2 Å². The molecule has 1 aliphatic heterocycles. The van der Waals surface area contributed by atoms with Crippen LogP contribution < -0.4 is 10.2 Å². The van der Waals surface area contributed by atoms with E-state index < -0.39 is 28.9 Å². The highest BCUT2D eigenvalue weighted by Gasteiger charge is 2.49. The summed E-state index contributed by atoms with van der Waals surface area (Å²) in [7, 11) is 0. The summed E-state index contributed by atoms with van der Waals surface area (Å²) in [5.41, 5.74) is 0.433. The maximum atomic E-state index is 15.5. The average Bonchev–Trinajstić information content (AvgIpc) is 3.34. The topological polar surface area (TPSA) is 87.6 Å². The normalized spacial score (nSPS) is 17.2. The molecule has 1 aromatic heterocycles. The van der Waals surface area contributed by atoms with Crippen molar-refractivity contribution in [3.8, 4) is 0 Å². The number of hydrogen-bond donors (Lipinski definition) is 2. The number of aromatic nitrogens is 2. The second kappa shape index (κ2) is 9.50. The van der Waals surface area contributed by atoms with Crippen LogP contribution in [0.3, 0.4) is 0 Å². The number of carbonyl (C=O) groups is 1. The van der Waals surface area contributed by atoms with E-state index in [1.54, 1.807) is 18.7 Å². The van der Waals surface area contributed by atoms with Crippen LogP contribution in [0.5, 0.6) is 0 Å². The van der Waals surface area contributed by atoms with Gasteiger partial charge in [-0.1, -0.05) is 12.1 Å². The number of aliphatic hydroxyl groups is 1. The zero-order valence-electron chi connectivity index (χ0n) is 21.9. The van der Waals surface area contributed by atoms with Crippen LogP contribution in [0.25, 0.3) is 10.9 Å². The molecule has 3 aromatic rings. The molecule has 0 bridgehead atoms. The molecule has 1 aliphatic carbocycles. The molecular weight excluding hydrogens is 497 g/mol. The first kappa shape index (κ1) is 26.4. The van der Waals surface area contributed by atoms with Crippen molar-refractivity contribution in [2.75, 3.05) is 30.0 Å². The molecule has 7 nitrogen and oxygen atoms in total. The van der Waals surface area contributed by atoms with Crippen LogP contribution in [-0.4, -0.2) is 46.3 Å². The van der Waals surface area contributed by atoms with Crippen molar-refractivity contribution in [2.45, 2.75) is 64.5 Å². The van der Waals surface area contributed by atoms with Gasteiger partial charge in [0.15, 0.2) is 0 Å². The van der Waals surface area contributed by atoms with Gasteiger partial charge >= 0.3 is 5.92 Å². The van der Waals surface area contributed by atoms with Gasteiger partial charge in [0.05, 0.1) is 23.7 Å². The quantitative estimate of drug-likeness (QED) is 0.470. The number of aryl methyl sites for hydroxylation is 2. The molecule has 2 aliphatic rings. The van der Waals surface area contributed by atoms with E-state index in [-0.39, 0.29) is 18.1 Å². The number of halogens is 3. The van der Waals surface area contributed by atoms with Crippen LogP contribution in [0.4, 0.5) is 24.7 Å². The maximum Gasteiger partial charge on any atom is 0.303 e. The SMILES string of the molecule is Cc1nc(N[C@H](C)c2cccc(C(F)(F)C(C)(C)O)c2F)c2cc(N3CCOCC3=O)c3c(c2n1)CCC3. The Kier molecular flexibility index (Phi) is 6.59. The molecule has 1 amide bonds. The number of fused-ring (bicyclic) bond motifs is 3. The number of amides is 1. The zero-order valence-corrected chi connectivity index (χ0v) is 21.9. The van der Waals surface area contributed by atoms with E-state index in [4.69, 9.17) is 9.72 Å². The first-order valence-corrected chi connectivity index (χ1v) is 12.8. The fourth-order valence-electron chi connectivity index (χ4n) is 5.32. The lowest BCUT2D eigenvalue weighted by molar-refractivity contribution is -0.170. The van der Waals surface area contributed by atoms with Crippen molar-refractivity contribution >= 4 is 28.3 Å². The summed E-state index contributed by atoms with van der Waals surface area (Å²) in [6.07, 6.45) is 2.59. The van der Waals surface area contributed by atoms with Crippen molar-refractivity contribution < 1.29 is 27.8 Å². The molecule has 2 N–H and O–H groups in total. The Morgan fingerprint density at radius 2 is 1.92 bits per heavy atom. The molecule has 0 unspecified atom stereocenters. The lowest BCUT2D eigenvalue weighted by Gasteiger charge is -2.30. The van der Waals surface area contributed by atoms with Crippen molar-refractivity contribution in [3.63, 3.8) is 0 Å². The summed E-state index contributed by atoms with van der Waals surface area (Å²) >= 11 is 0. The second-order valence-corrected chi connectivity index (χ2v) is 10.5. The van der Waals surface area contributed by atoms with Crippen molar-refractivity contribution in [3.05, 3.63) is 58.2 Å². The molecule has 2 aromatic carbocycles. The highest BCUT2D eigenvalue weighted by molar-refractivity contribution is 6.02. The Hall–Kier alpha value is -3.24. The van der Waals surface area contributed by atoms with Gasteiger partial charge in [0.2, 0.25) is 0 Å². The minimum Gasteiger partial charge on any atom is -0.384 e. The lowest BCUT2D eigenvalue weighted by atomic mass is 9.91. The van der Waals surface area contributed by atoms with Gasteiger partial charge in [0.1, 0.15) is 29.7 Å². The van der Waals surface area contributed by atoms with Gasteiger partial charge < -0.3 is 20.1 Å². The number of alkyl halides is 2. The van der Waals surface area contributed by atoms with Crippen molar-refractivity contribution in [1.82, 2.24) is 9.97 Å². The Balaban J connectivity index is 1.59. The number of morpholine rings is 1. The molecule has 0 radical (unpaired) electrons. The van der Waals surface area contributed by atoms with Gasteiger partial charge in [-0.25, -0.2) is 14.4 Å². The Morgan fingerprint density at radius 3 is 2.63 bits per heavy atom. The summed E-state index contributed by atoms with van der Waals surface area (Å²) in [6.45, 7) is 6.22. The van der Waals surface area contributed by atoms with Crippen LogP contribution in [0.1, 0.15) is 61.3 Å². The summed E-state index contributed by atoms with van der Waals surface area (Å²) in [5, 5.41) is 13.9. The monoisotopic (exact) mass is 528 g/mol. The highest BCUT2D eigenvalue weighted by atomic mass is 19.3. The van der Waals surface area contributed by atoms with E-state index >= 15 is 4.39 Å². The average molecular weight is 529 g/mol. The lowest BCUT2D eigenvalue weighted by Crippen LogP contribution is -2.42. The second-order valence-electron chi connectivity index (χ2n) is 10.5. The molecular formula is C28H31F3N4O3. The molecule has 202 valence electrons. The van der Waals surface area contributed by atoms with Gasteiger partial charge in [0, 0.05) is 23.2 Å². The number of carbonyl (C=O) groups excluding carboxylic acids is 1. The van der Waals surface area contributed by atoms with Crippen LogP contribution in [0.2, 0.25) is 0 Å². The van der Waals surface area contributed by atoms with Crippen LogP contribution in [0.15, 0.2) is 24.3 Å². The van der Waals surface area contributed by atoms with Gasteiger partial charge in [-0.15, -0.1) is 0 Å². The molecule has 1 fully saturated rings. The third-order valence-electron chi connectivity index (χ3n) is 7.38. The van der Waals surface area contributed by atoms with Gasteiger partial charge in [-0.2, -0.15) is 8.78 Å². The first-order valence-electron chi connectivity index (χ1n) is 12.8. The van der Waals surface area contributed by atoms with E-state index in [1.807, 2.05) is 6.07 Å². The number of nitrogens with zero attached hydrogens (tertiary/aromatic N) is 3. The molecule has 1 saturated heterocycles. The summed E-state index contributed by atoms with van der Waals surface area (Å²) in [6, 6.07) is 4.92. The van der Waals surface area contributed by atoms with Crippen molar-refractivity contribution in [1.29, 1.82) is 0 Å². The van der Waals surface area contributed by atoms with Crippen molar-refractivity contribution in [2.24, 2.45) is 0 Å². The van der Waals surface area contributed by atoms with Gasteiger partial charge in [0.25, 0.3) is 5.91 Å². The molecule has 2 heterocycles.